The molecule has 1 aromatic carbocycles. The normalized spacial score (nSPS) is 11.7. The average Bonchev–Trinajstić information content (AvgIpc) is 2.16. The van der Waals surface area contributed by atoms with Gasteiger partial charge < -0.3 is 0 Å². The minimum Gasteiger partial charge on any atom is -0.0887 e. The Kier molecular flexibility index (Phi) is 3.59. The minimum absolute atomic E-state index is 1.16. The number of allylic oxidation sites excluding steroid dienone is 2. The monoisotopic (exact) mass is 160 g/mol. The Hall–Kier alpha value is -1.04. The highest BCUT2D eigenvalue weighted by molar-refractivity contribution is 5.16. The van der Waals surface area contributed by atoms with Crippen LogP contribution < -0.4 is 0 Å². The van der Waals surface area contributed by atoms with Gasteiger partial charge in [-0.15, -0.1) is 0 Å². The van der Waals surface area contributed by atoms with Crippen molar-refractivity contribution in [2.45, 2.75) is 26.7 Å². The van der Waals surface area contributed by atoms with Crippen molar-refractivity contribution >= 4 is 0 Å². The van der Waals surface area contributed by atoms with Crippen LogP contribution in [-0.2, 0) is 6.42 Å². The molecule has 0 amide bonds. The minimum atomic E-state index is 1.16. The smallest absolute Gasteiger partial charge is 0.0242 e. The first-order valence-corrected chi connectivity index (χ1v) is 4.48. The molecule has 0 nitrogen and oxygen atoms in total. The Morgan fingerprint density at radius 2 is 1.92 bits per heavy atom. The molecule has 0 fully saturated rings. The van der Waals surface area contributed by atoms with Crippen molar-refractivity contribution in [3.8, 4) is 0 Å². The van der Waals surface area contributed by atoms with Crippen LogP contribution in [0.3, 0.4) is 0 Å². The van der Waals surface area contributed by atoms with E-state index in [-0.39, 0.29) is 0 Å². The zero-order valence-electron chi connectivity index (χ0n) is 7.88. The third-order valence-corrected chi connectivity index (χ3v) is 2.14. The van der Waals surface area contributed by atoms with Gasteiger partial charge in [0.2, 0.25) is 0 Å². The quantitative estimate of drug-likeness (QED) is 0.593. The molecule has 0 heteroatoms. The lowest BCUT2D eigenvalue weighted by Gasteiger charge is -2.00. The van der Waals surface area contributed by atoms with Crippen LogP contribution in [0.25, 0.3) is 0 Å². The Morgan fingerprint density at radius 1 is 1.25 bits per heavy atom. The van der Waals surface area contributed by atoms with Gasteiger partial charge in [0.15, 0.2) is 0 Å². The largest absolute Gasteiger partial charge is 0.0887 e. The lowest BCUT2D eigenvalue weighted by atomic mass is 10.1. The molecule has 12 heavy (non-hydrogen) atoms. The molecule has 0 saturated heterocycles. The molecular weight excluding hydrogens is 144 g/mol. The van der Waals surface area contributed by atoms with E-state index in [0.29, 0.717) is 0 Å². The molecule has 0 heterocycles. The Balaban J connectivity index is 2.44. The highest BCUT2D eigenvalue weighted by atomic mass is 14.0. The third kappa shape index (κ3) is 2.91. The maximum Gasteiger partial charge on any atom is -0.0242 e. The van der Waals surface area contributed by atoms with Crippen LogP contribution in [0, 0.1) is 0 Å². The Bertz CT molecular complexity index is 244. The van der Waals surface area contributed by atoms with Gasteiger partial charge in [-0.25, -0.2) is 0 Å². The molecule has 0 spiro atoms. The fraction of sp³-hybridized carbons (Fsp3) is 0.333. The fourth-order valence-electron chi connectivity index (χ4n) is 1.13. The molecule has 0 aliphatic carbocycles. The zero-order valence-corrected chi connectivity index (χ0v) is 7.88. The van der Waals surface area contributed by atoms with Gasteiger partial charge in [0.1, 0.15) is 0 Å². The summed E-state index contributed by atoms with van der Waals surface area (Å²) in [6.45, 7) is 4.28. The summed E-state index contributed by atoms with van der Waals surface area (Å²) in [5, 5.41) is 0. The maximum atomic E-state index is 2.18. The van der Waals surface area contributed by atoms with Crippen LogP contribution in [0.1, 0.15) is 25.8 Å². The number of hydrogen-bond acceptors (Lipinski definition) is 0. The third-order valence-electron chi connectivity index (χ3n) is 2.14. The number of aryl methyl sites for hydroxylation is 1. The van der Waals surface area contributed by atoms with Crippen LogP contribution in [0.4, 0.5) is 0 Å². The van der Waals surface area contributed by atoms with E-state index in [9.17, 15) is 0 Å². The van der Waals surface area contributed by atoms with E-state index in [2.05, 4.69) is 50.3 Å². The van der Waals surface area contributed by atoms with Gasteiger partial charge in [0, 0.05) is 0 Å². The summed E-state index contributed by atoms with van der Waals surface area (Å²) < 4.78 is 0. The van der Waals surface area contributed by atoms with E-state index in [1.54, 1.807) is 0 Å². The summed E-state index contributed by atoms with van der Waals surface area (Å²) in [5.41, 5.74) is 2.90. The molecule has 0 aliphatic heterocycles. The number of rotatable bonds is 3. The van der Waals surface area contributed by atoms with Crippen LogP contribution in [-0.4, -0.2) is 0 Å². The summed E-state index contributed by atoms with van der Waals surface area (Å²) in [6, 6.07) is 10.6. The first-order chi connectivity index (χ1) is 5.83. The van der Waals surface area contributed by atoms with Crippen molar-refractivity contribution in [2.24, 2.45) is 0 Å². The van der Waals surface area contributed by atoms with Crippen molar-refractivity contribution in [1.29, 1.82) is 0 Å². The van der Waals surface area contributed by atoms with Crippen molar-refractivity contribution in [3.05, 3.63) is 47.5 Å². The van der Waals surface area contributed by atoms with E-state index < -0.39 is 0 Å². The molecule has 0 bridgehead atoms. The lowest BCUT2D eigenvalue weighted by Crippen LogP contribution is -1.85. The summed E-state index contributed by atoms with van der Waals surface area (Å²) in [7, 11) is 0. The average molecular weight is 160 g/mol. The van der Waals surface area contributed by atoms with Crippen molar-refractivity contribution < 1.29 is 0 Å². The highest BCUT2D eigenvalue weighted by Crippen LogP contribution is 2.07. The van der Waals surface area contributed by atoms with E-state index in [1.807, 2.05) is 0 Å². The second-order valence-electron chi connectivity index (χ2n) is 3.12. The van der Waals surface area contributed by atoms with Gasteiger partial charge in [0.05, 0.1) is 0 Å². The highest BCUT2D eigenvalue weighted by Gasteiger charge is 1.91. The predicted molar refractivity (Wildman–Crippen MR) is 54.2 cm³/mol. The molecule has 1 rings (SSSR count). The van der Waals surface area contributed by atoms with E-state index in [4.69, 9.17) is 0 Å². The zero-order chi connectivity index (χ0) is 8.81. The van der Waals surface area contributed by atoms with Gasteiger partial charge >= 0.3 is 0 Å². The lowest BCUT2D eigenvalue weighted by molar-refractivity contribution is 0.938. The molecule has 0 aromatic heterocycles. The topological polar surface area (TPSA) is 0 Å². The summed E-state index contributed by atoms with van der Waals surface area (Å²) in [6.07, 6.45) is 4.53. The number of hydrogen-bond donors (Lipinski definition) is 0. The van der Waals surface area contributed by atoms with E-state index >= 15 is 0 Å². The van der Waals surface area contributed by atoms with Crippen molar-refractivity contribution in [1.82, 2.24) is 0 Å². The van der Waals surface area contributed by atoms with Crippen LogP contribution in [0.15, 0.2) is 42.0 Å². The Morgan fingerprint density at radius 3 is 2.50 bits per heavy atom. The second kappa shape index (κ2) is 4.76. The first-order valence-electron chi connectivity index (χ1n) is 4.48. The number of benzene rings is 1. The van der Waals surface area contributed by atoms with Gasteiger partial charge in [-0.2, -0.15) is 0 Å². The molecule has 0 N–H and O–H groups in total. The van der Waals surface area contributed by atoms with Gasteiger partial charge in [-0.3, -0.25) is 0 Å². The van der Waals surface area contributed by atoms with Gasteiger partial charge in [-0.1, -0.05) is 42.0 Å². The molecular formula is C12H16. The SMILES string of the molecule is C/C=C(\C)CCc1ccccc1. The molecule has 0 radical (unpaired) electrons. The molecule has 64 valence electrons. The molecule has 0 unspecified atom stereocenters. The fourth-order valence-corrected chi connectivity index (χ4v) is 1.13. The summed E-state index contributed by atoms with van der Waals surface area (Å²) >= 11 is 0. The summed E-state index contributed by atoms with van der Waals surface area (Å²) in [5.74, 6) is 0. The van der Waals surface area contributed by atoms with Crippen molar-refractivity contribution in [2.75, 3.05) is 0 Å². The Labute approximate surface area is 74.9 Å². The first kappa shape index (κ1) is 9.05. The standard InChI is InChI=1S/C12H16/c1-3-11(2)9-10-12-7-5-4-6-8-12/h3-8H,9-10H2,1-2H3/b11-3+. The van der Waals surface area contributed by atoms with E-state index in [1.165, 1.54) is 17.6 Å². The predicted octanol–water partition coefficient (Wildman–Crippen LogP) is 3.59. The van der Waals surface area contributed by atoms with Crippen molar-refractivity contribution in [3.63, 3.8) is 0 Å². The summed E-state index contributed by atoms with van der Waals surface area (Å²) in [4.78, 5) is 0. The molecule has 0 saturated carbocycles. The van der Waals surface area contributed by atoms with Gasteiger partial charge in [0.25, 0.3) is 0 Å². The molecule has 1 aromatic rings. The van der Waals surface area contributed by atoms with Crippen LogP contribution in [0.2, 0.25) is 0 Å². The molecule has 0 atom stereocenters. The maximum absolute atomic E-state index is 2.18. The van der Waals surface area contributed by atoms with E-state index in [0.717, 1.165) is 6.42 Å². The van der Waals surface area contributed by atoms with Gasteiger partial charge in [-0.05, 0) is 32.3 Å². The van der Waals surface area contributed by atoms with Crippen LogP contribution in [0.5, 0.6) is 0 Å². The molecule has 0 aliphatic rings. The second-order valence-corrected chi connectivity index (χ2v) is 3.12. The van der Waals surface area contributed by atoms with Crippen LogP contribution >= 0.6 is 0 Å².